The molecule has 3 aliphatic rings. The van der Waals surface area contributed by atoms with Gasteiger partial charge in [-0.15, -0.1) is 0 Å². The highest BCUT2D eigenvalue weighted by atomic mass is 32.2. The maximum Gasteiger partial charge on any atom is 0.407 e. The van der Waals surface area contributed by atoms with Crippen LogP contribution in [0, 0.1) is 17.8 Å². The van der Waals surface area contributed by atoms with Crippen LogP contribution in [0.2, 0.25) is 0 Å². The number of rotatable bonds is 7. The summed E-state index contributed by atoms with van der Waals surface area (Å²) in [5.74, 6) is 1.14. The first-order valence-corrected chi connectivity index (χ1v) is 17.0. The molecule has 0 spiro atoms. The number of alkyl carbamates (subject to hydrolysis) is 2. The Hall–Kier alpha value is -1.72. The van der Waals surface area contributed by atoms with E-state index in [-0.39, 0.29) is 12.0 Å². The highest BCUT2D eigenvalue weighted by Crippen LogP contribution is 2.18. The molecule has 3 saturated heterocycles. The maximum absolute atomic E-state index is 11.3. The number of hydrogen-bond acceptors (Lipinski definition) is 10. The molecule has 40 heavy (non-hydrogen) atoms. The van der Waals surface area contributed by atoms with Crippen LogP contribution in [0.1, 0.15) is 41.5 Å². The number of ether oxygens (including phenoxy) is 2. The topological polar surface area (TPSA) is 189 Å². The number of hydrogen-bond donors (Lipinski definition) is 4. The summed E-state index contributed by atoms with van der Waals surface area (Å²) in [7, 11) is -6.01. The van der Waals surface area contributed by atoms with Gasteiger partial charge in [-0.3, -0.25) is 0 Å². The minimum Gasteiger partial charge on any atom is -0.444 e. The lowest BCUT2D eigenvalue weighted by Crippen LogP contribution is -2.53. The Morgan fingerprint density at radius 2 is 1.10 bits per heavy atom. The van der Waals surface area contributed by atoms with Crippen LogP contribution in [-0.4, -0.2) is 120 Å². The minimum absolute atomic E-state index is 0.178. The van der Waals surface area contributed by atoms with Crippen molar-refractivity contribution in [2.75, 3.05) is 71.4 Å². The molecule has 0 aromatic heterocycles. The van der Waals surface area contributed by atoms with E-state index in [0.717, 1.165) is 13.1 Å². The quantitative estimate of drug-likeness (QED) is 0.303. The van der Waals surface area contributed by atoms with E-state index in [1.165, 1.54) is 21.1 Å². The molecule has 14 nitrogen and oxygen atoms in total. The summed E-state index contributed by atoms with van der Waals surface area (Å²) in [4.78, 5) is 22.5. The summed E-state index contributed by atoms with van der Waals surface area (Å²) in [5.41, 5.74) is 4.41. The van der Waals surface area contributed by atoms with Gasteiger partial charge in [0.2, 0.25) is 20.0 Å². The van der Waals surface area contributed by atoms with E-state index in [1.807, 2.05) is 20.8 Å². The van der Waals surface area contributed by atoms with E-state index < -0.39 is 37.3 Å². The van der Waals surface area contributed by atoms with Crippen molar-refractivity contribution < 1.29 is 35.9 Å². The first-order chi connectivity index (χ1) is 18.1. The van der Waals surface area contributed by atoms with Gasteiger partial charge in [0.05, 0.1) is 12.5 Å². The zero-order valence-corrected chi connectivity index (χ0v) is 26.8. The molecule has 0 radical (unpaired) electrons. The lowest BCUT2D eigenvalue weighted by molar-refractivity contribution is 0.0495. The Labute approximate surface area is 240 Å². The van der Waals surface area contributed by atoms with Gasteiger partial charge in [0.15, 0.2) is 0 Å². The van der Waals surface area contributed by atoms with E-state index in [2.05, 4.69) is 16.0 Å². The van der Waals surface area contributed by atoms with Crippen LogP contribution in [0.3, 0.4) is 0 Å². The summed E-state index contributed by atoms with van der Waals surface area (Å²) >= 11 is 0. The first kappa shape index (κ1) is 36.3. The molecule has 236 valence electrons. The monoisotopic (exact) mass is 614 g/mol. The van der Waals surface area contributed by atoms with Gasteiger partial charge in [0.1, 0.15) is 11.2 Å². The third-order valence-electron chi connectivity index (χ3n) is 5.85. The van der Waals surface area contributed by atoms with E-state index in [0.29, 0.717) is 57.6 Å². The molecule has 0 bridgehead atoms. The standard InChI is InChI=1S/C10H20N2O4S.C9H18N2O2.C5H12N2O2S/c1-10(2,3)16-9(13)11-5-8-6-12(7-8)17(4,14)15;1-9(2,3)13-8(12)11-6-7-4-10-5-7;1-10(8,9)7-3-5(2-6)4-7/h8H,5-7H2,1-4H3,(H,11,13);7,10H,4-6H2,1-3H3,(H,11,12);5H,2-4,6H2,1H3. The second-order valence-corrected chi connectivity index (χ2v) is 16.4. The lowest BCUT2D eigenvalue weighted by Gasteiger charge is -2.37. The number of carbonyl (C=O) groups is 2. The molecule has 0 aliphatic carbocycles. The minimum atomic E-state index is -3.08. The molecular formula is C24H50N6O8S2. The molecule has 0 aromatic rings. The summed E-state index contributed by atoms with van der Waals surface area (Å²) in [6.45, 7) is 16.8. The molecule has 0 aromatic carbocycles. The molecule has 0 saturated carbocycles. The molecule has 5 N–H and O–H groups in total. The number of sulfonamides is 2. The van der Waals surface area contributed by atoms with Gasteiger partial charge in [0.25, 0.3) is 0 Å². The number of carbonyl (C=O) groups excluding carboxylic acids is 2. The van der Waals surface area contributed by atoms with Crippen molar-refractivity contribution in [3.63, 3.8) is 0 Å². The van der Waals surface area contributed by atoms with Crippen LogP contribution in [-0.2, 0) is 29.5 Å². The van der Waals surface area contributed by atoms with Gasteiger partial charge in [-0.2, -0.15) is 0 Å². The predicted octanol–water partition coefficient (Wildman–Crippen LogP) is -0.0305. The van der Waals surface area contributed by atoms with Crippen molar-refractivity contribution in [2.45, 2.75) is 52.7 Å². The Balaban J connectivity index is 0.000000311. The van der Waals surface area contributed by atoms with Crippen LogP contribution in [0.25, 0.3) is 0 Å². The van der Waals surface area contributed by atoms with E-state index in [9.17, 15) is 26.4 Å². The van der Waals surface area contributed by atoms with Gasteiger partial charge >= 0.3 is 12.2 Å². The molecule has 3 aliphatic heterocycles. The van der Waals surface area contributed by atoms with Gasteiger partial charge < -0.3 is 31.2 Å². The van der Waals surface area contributed by atoms with Gasteiger partial charge in [-0.25, -0.2) is 35.0 Å². The molecular weight excluding hydrogens is 564 g/mol. The van der Waals surface area contributed by atoms with Gasteiger partial charge in [-0.1, -0.05) is 0 Å². The van der Waals surface area contributed by atoms with Gasteiger partial charge in [0, 0.05) is 64.2 Å². The summed E-state index contributed by atoms with van der Waals surface area (Å²) in [6.07, 6.45) is 1.62. The van der Waals surface area contributed by atoms with Crippen molar-refractivity contribution in [3.8, 4) is 0 Å². The van der Waals surface area contributed by atoms with E-state index >= 15 is 0 Å². The van der Waals surface area contributed by atoms with Crippen molar-refractivity contribution in [2.24, 2.45) is 23.5 Å². The zero-order chi connectivity index (χ0) is 30.9. The first-order valence-electron chi connectivity index (χ1n) is 13.3. The number of amides is 2. The zero-order valence-electron chi connectivity index (χ0n) is 25.2. The van der Waals surface area contributed by atoms with Gasteiger partial charge in [-0.05, 0) is 54.0 Å². The fraction of sp³-hybridized carbons (Fsp3) is 0.917. The average molecular weight is 615 g/mol. The van der Waals surface area contributed by atoms with Crippen molar-refractivity contribution in [3.05, 3.63) is 0 Å². The average Bonchev–Trinajstić information content (AvgIpc) is 2.60. The predicted molar refractivity (Wildman–Crippen MR) is 154 cm³/mol. The smallest absolute Gasteiger partial charge is 0.407 e. The Morgan fingerprint density at radius 3 is 1.38 bits per heavy atom. The highest BCUT2D eigenvalue weighted by Gasteiger charge is 2.33. The fourth-order valence-corrected chi connectivity index (χ4v) is 5.37. The molecule has 0 unspecified atom stereocenters. The summed E-state index contributed by atoms with van der Waals surface area (Å²) in [5, 5.41) is 8.51. The largest absolute Gasteiger partial charge is 0.444 e. The number of nitrogens with one attached hydrogen (secondary N) is 3. The Bertz CT molecular complexity index is 1020. The SMILES string of the molecule is CC(C)(C)OC(=O)NCC1CN(S(C)(=O)=O)C1.CC(C)(C)OC(=O)NCC1CNC1.CS(=O)(=O)N1CC(CN)C1. The normalized spacial score (nSPS) is 19.3. The van der Waals surface area contributed by atoms with E-state index in [4.69, 9.17) is 15.2 Å². The number of nitrogens with zero attached hydrogens (tertiary/aromatic N) is 2. The summed E-state index contributed by atoms with van der Waals surface area (Å²) < 4.78 is 56.7. The van der Waals surface area contributed by atoms with Crippen LogP contribution < -0.4 is 21.7 Å². The molecule has 16 heteroatoms. The second kappa shape index (κ2) is 15.0. The summed E-state index contributed by atoms with van der Waals surface area (Å²) in [6, 6.07) is 0. The van der Waals surface area contributed by atoms with Crippen LogP contribution in [0.4, 0.5) is 9.59 Å². The molecule has 3 fully saturated rings. The fourth-order valence-electron chi connectivity index (χ4n) is 3.44. The number of nitrogens with two attached hydrogens (primary N) is 1. The third-order valence-corrected chi connectivity index (χ3v) is 8.33. The third kappa shape index (κ3) is 15.3. The Morgan fingerprint density at radius 1 is 0.750 bits per heavy atom. The van der Waals surface area contributed by atoms with Crippen LogP contribution >= 0.6 is 0 Å². The van der Waals surface area contributed by atoms with Crippen molar-refractivity contribution >= 4 is 32.2 Å². The molecule has 2 amide bonds. The highest BCUT2D eigenvalue weighted by molar-refractivity contribution is 7.88. The maximum atomic E-state index is 11.3. The van der Waals surface area contributed by atoms with Crippen LogP contribution in [0.5, 0.6) is 0 Å². The second-order valence-electron chi connectivity index (χ2n) is 12.4. The van der Waals surface area contributed by atoms with Crippen molar-refractivity contribution in [1.82, 2.24) is 24.6 Å². The van der Waals surface area contributed by atoms with E-state index in [1.54, 1.807) is 20.8 Å². The molecule has 3 heterocycles. The molecule has 0 atom stereocenters. The van der Waals surface area contributed by atoms with Crippen LogP contribution in [0.15, 0.2) is 0 Å². The van der Waals surface area contributed by atoms with Crippen molar-refractivity contribution in [1.29, 1.82) is 0 Å². The lowest BCUT2D eigenvalue weighted by atomic mass is 10.0. The molecule has 3 rings (SSSR count). The Kier molecular flexibility index (Phi) is 13.6.